The van der Waals surface area contributed by atoms with Gasteiger partial charge in [-0.05, 0) is 55.6 Å². The monoisotopic (exact) mass is 340 g/mol. The van der Waals surface area contributed by atoms with Gasteiger partial charge in [-0.2, -0.15) is 0 Å². The average Bonchev–Trinajstić information content (AvgIpc) is 3.05. The van der Waals surface area contributed by atoms with Crippen molar-refractivity contribution < 1.29 is 4.74 Å². The second-order valence-electron chi connectivity index (χ2n) is 6.03. The molecule has 0 aromatic heterocycles. The van der Waals surface area contributed by atoms with Crippen LogP contribution in [0.1, 0.15) is 24.8 Å². The largest absolute Gasteiger partial charge is 0.494 e. The number of hydrogen-bond donors (Lipinski definition) is 1. The lowest BCUT2D eigenvalue weighted by Gasteiger charge is -2.17. The summed E-state index contributed by atoms with van der Waals surface area (Å²) >= 11 is 5.32. The molecule has 1 heterocycles. The Morgan fingerprint density at radius 1 is 1.00 bits per heavy atom. The molecule has 0 bridgehead atoms. The van der Waals surface area contributed by atoms with Gasteiger partial charge in [-0.25, -0.2) is 0 Å². The first kappa shape index (κ1) is 16.8. The summed E-state index contributed by atoms with van der Waals surface area (Å²) in [5, 5.41) is 3.98. The predicted molar refractivity (Wildman–Crippen MR) is 104 cm³/mol. The zero-order valence-electron chi connectivity index (χ0n) is 13.9. The number of unbranched alkanes of at least 4 members (excludes halogenated alkanes) is 2. The number of anilines is 1. The molecule has 4 heteroatoms. The van der Waals surface area contributed by atoms with E-state index in [1.165, 1.54) is 18.4 Å². The summed E-state index contributed by atoms with van der Waals surface area (Å²) < 4.78 is 5.90. The topological polar surface area (TPSA) is 24.5 Å². The minimum Gasteiger partial charge on any atom is -0.494 e. The van der Waals surface area contributed by atoms with Gasteiger partial charge < -0.3 is 15.0 Å². The van der Waals surface area contributed by atoms with Crippen LogP contribution in [0.15, 0.2) is 54.6 Å². The highest BCUT2D eigenvalue weighted by atomic mass is 32.1. The maximum absolute atomic E-state index is 5.90. The Hall–Kier alpha value is -2.07. The second kappa shape index (κ2) is 8.69. The molecule has 3 rings (SSSR count). The zero-order valence-corrected chi connectivity index (χ0v) is 14.7. The molecule has 0 aliphatic carbocycles. The van der Waals surface area contributed by atoms with Crippen molar-refractivity contribution in [1.82, 2.24) is 5.32 Å². The fourth-order valence-corrected chi connectivity index (χ4v) is 3.20. The molecule has 0 radical (unpaired) electrons. The molecule has 0 atom stereocenters. The molecule has 0 spiro atoms. The van der Waals surface area contributed by atoms with Gasteiger partial charge in [0.15, 0.2) is 5.11 Å². The SMILES string of the molecule is S=C1NCCN1c1cccc(OCCCCCc2ccccc2)c1. The third-order valence-corrected chi connectivity index (χ3v) is 4.57. The molecule has 0 unspecified atom stereocenters. The molecule has 0 amide bonds. The van der Waals surface area contributed by atoms with Crippen LogP contribution in [0.5, 0.6) is 5.75 Å². The quantitative estimate of drug-likeness (QED) is 0.576. The molecule has 0 saturated carbocycles. The Morgan fingerprint density at radius 2 is 1.88 bits per heavy atom. The van der Waals surface area contributed by atoms with Crippen LogP contribution >= 0.6 is 12.2 Å². The van der Waals surface area contributed by atoms with Crippen LogP contribution in [0.25, 0.3) is 0 Å². The Bertz CT molecular complexity index is 660. The van der Waals surface area contributed by atoms with Crippen molar-refractivity contribution in [3.63, 3.8) is 0 Å². The van der Waals surface area contributed by atoms with Gasteiger partial charge >= 0.3 is 0 Å². The van der Waals surface area contributed by atoms with Crippen molar-refractivity contribution in [3.05, 3.63) is 60.2 Å². The van der Waals surface area contributed by atoms with Crippen molar-refractivity contribution in [2.24, 2.45) is 0 Å². The molecule has 3 nitrogen and oxygen atoms in total. The molecule has 1 N–H and O–H groups in total. The van der Waals surface area contributed by atoms with Crippen molar-refractivity contribution >= 4 is 23.0 Å². The van der Waals surface area contributed by atoms with Crippen LogP contribution in [-0.2, 0) is 6.42 Å². The van der Waals surface area contributed by atoms with Crippen molar-refractivity contribution in [3.8, 4) is 5.75 Å². The van der Waals surface area contributed by atoms with E-state index in [0.29, 0.717) is 0 Å². The first-order valence-corrected chi connectivity index (χ1v) is 9.06. The van der Waals surface area contributed by atoms with E-state index in [1.807, 2.05) is 12.1 Å². The summed E-state index contributed by atoms with van der Waals surface area (Å²) in [6.07, 6.45) is 4.63. The fraction of sp³-hybridized carbons (Fsp3) is 0.350. The van der Waals surface area contributed by atoms with Crippen LogP contribution < -0.4 is 15.0 Å². The van der Waals surface area contributed by atoms with Gasteiger partial charge in [0.05, 0.1) is 6.61 Å². The number of ether oxygens (including phenoxy) is 1. The Balaban J connectivity index is 1.38. The minimum absolute atomic E-state index is 0.765. The molecule has 1 aliphatic heterocycles. The van der Waals surface area contributed by atoms with Crippen LogP contribution in [0.4, 0.5) is 5.69 Å². The van der Waals surface area contributed by atoms with Gasteiger partial charge in [0.25, 0.3) is 0 Å². The average molecular weight is 340 g/mol. The summed E-state index contributed by atoms with van der Waals surface area (Å²) in [5.74, 6) is 0.922. The predicted octanol–water partition coefficient (Wildman–Crippen LogP) is 4.17. The van der Waals surface area contributed by atoms with Crippen LogP contribution in [0.3, 0.4) is 0 Å². The van der Waals surface area contributed by atoms with E-state index in [2.05, 4.69) is 52.7 Å². The number of thiocarbonyl (C=S) groups is 1. The maximum Gasteiger partial charge on any atom is 0.173 e. The standard InChI is InChI=1S/C20H24N2OS/c24-20-21-13-14-22(20)18-11-7-12-19(16-18)23-15-6-2-5-10-17-8-3-1-4-9-17/h1,3-4,7-9,11-12,16H,2,5-6,10,13-15H2,(H,21,24). The molecule has 1 fully saturated rings. The van der Waals surface area contributed by atoms with E-state index in [0.717, 1.165) is 49.1 Å². The molecule has 2 aromatic carbocycles. The number of benzene rings is 2. The summed E-state index contributed by atoms with van der Waals surface area (Å²) in [6.45, 7) is 2.59. The molecular formula is C20H24N2OS. The Morgan fingerprint density at radius 3 is 2.67 bits per heavy atom. The van der Waals surface area contributed by atoms with Crippen LogP contribution in [-0.4, -0.2) is 24.8 Å². The first-order valence-electron chi connectivity index (χ1n) is 8.65. The first-order chi connectivity index (χ1) is 11.8. The van der Waals surface area contributed by atoms with E-state index >= 15 is 0 Å². The Kier molecular flexibility index (Phi) is 6.07. The van der Waals surface area contributed by atoms with E-state index in [4.69, 9.17) is 17.0 Å². The maximum atomic E-state index is 5.90. The van der Waals surface area contributed by atoms with E-state index < -0.39 is 0 Å². The Labute approximate surface area is 149 Å². The normalized spacial score (nSPS) is 13.8. The minimum atomic E-state index is 0.765. The van der Waals surface area contributed by atoms with E-state index in [9.17, 15) is 0 Å². The summed E-state index contributed by atoms with van der Waals surface area (Å²) in [4.78, 5) is 2.11. The summed E-state index contributed by atoms with van der Waals surface area (Å²) in [7, 11) is 0. The van der Waals surface area contributed by atoms with E-state index in [1.54, 1.807) is 0 Å². The third-order valence-electron chi connectivity index (χ3n) is 4.21. The van der Waals surface area contributed by atoms with Crippen molar-refractivity contribution in [1.29, 1.82) is 0 Å². The molecule has 2 aromatic rings. The highest BCUT2D eigenvalue weighted by Crippen LogP contribution is 2.22. The summed E-state index contributed by atoms with van der Waals surface area (Å²) in [5.41, 5.74) is 2.52. The molecule has 24 heavy (non-hydrogen) atoms. The number of nitrogens with zero attached hydrogens (tertiary/aromatic N) is 1. The third kappa shape index (κ3) is 4.71. The van der Waals surface area contributed by atoms with Gasteiger partial charge in [0.2, 0.25) is 0 Å². The van der Waals surface area contributed by atoms with Gasteiger partial charge in [0, 0.05) is 24.8 Å². The number of rotatable bonds is 8. The molecular weight excluding hydrogens is 316 g/mol. The van der Waals surface area contributed by atoms with Crippen molar-refractivity contribution in [2.45, 2.75) is 25.7 Å². The van der Waals surface area contributed by atoms with Crippen molar-refractivity contribution in [2.75, 3.05) is 24.6 Å². The smallest absolute Gasteiger partial charge is 0.173 e. The second-order valence-corrected chi connectivity index (χ2v) is 6.41. The number of hydrogen-bond acceptors (Lipinski definition) is 2. The van der Waals surface area contributed by atoms with Crippen LogP contribution in [0, 0.1) is 0 Å². The number of nitrogens with one attached hydrogen (secondary N) is 1. The zero-order chi connectivity index (χ0) is 16.6. The molecule has 1 aliphatic rings. The van der Waals surface area contributed by atoms with E-state index in [-0.39, 0.29) is 0 Å². The number of aryl methyl sites for hydroxylation is 1. The molecule has 126 valence electrons. The van der Waals surface area contributed by atoms with Gasteiger partial charge in [-0.3, -0.25) is 0 Å². The fourth-order valence-electron chi connectivity index (χ4n) is 2.90. The van der Waals surface area contributed by atoms with Gasteiger partial charge in [-0.1, -0.05) is 36.4 Å². The highest BCUT2D eigenvalue weighted by Gasteiger charge is 2.17. The summed E-state index contributed by atoms with van der Waals surface area (Å²) in [6, 6.07) is 18.9. The van der Waals surface area contributed by atoms with Gasteiger partial charge in [-0.15, -0.1) is 0 Å². The molecule has 1 saturated heterocycles. The van der Waals surface area contributed by atoms with Crippen LogP contribution in [0.2, 0.25) is 0 Å². The lowest BCUT2D eigenvalue weighted by atomic mass is 10.1. The van der Waals surface area contributed by atoms with Gasteiger partial charge in [0.1, 0.15) is 5.75 Å². The lowest BCUT2D eigenvalue weighted by molar-refractivity contribution is 0.305. The lowest BCUT2D eigenvalue weighted by Crippen LogP contribution is -2.27. The highest BCUT2D eigenvalue weighted by molar-refractivity contribution is 7.80.